The first-order valence-corrected chi connectivity index (χ1v) is 12.4. The molecular weight excluding hydrogens is 490 g/mol. The lowest BCUT2D eigenvalue weighted by Gasteiger charge is -2.48. The first-order chi connectivity index (χ1) is 16.7. The summed E-state index contributed by atoms with van der Waals surface area (Å²) < 4.78 is 23.3. The van der Waals surface area contributed by atoms with E-state index in [1.165, 1.54) is 23.7 Å². The Hall–Kier alpha value is -2.27. The third-order valence-corrected chi connectivity index (χ3v) is 8.09. The van der Waals surface area contributed by atoms with Gasteiger partial charge in [0.25, 0.3) is 0 Å². The Morgan fingerprint density at radius 2 is 1.82 bits per heavy atom. The highest BCUT2D eigenvalue weighted by molar-refractivity contribution is 7.29. The second-order valence-corrected chi connectivity index (χ2v) is 11.9. The quantitative estimate of drug-likeness (QED) is 0.385. The van der Waals surface area contributed by atoms with Gasteiger partial charge in [0.1, 0.15) is 16.5 Å². The van der Waals surface area contributed by atoms with E-state index in [1.54, 1.807) is 23.6 Å². The average molecular weight is 523 g/mol. The number of nitrogens with one attached hydrogen (secondary N) is 1. The summed E-state index contributed by atoms with van der Waals surface area (Å²) in [6.45, 7) is 6.61. The molecule has 0 atom stereocenters. The van der Waals surface area contributed by atoms with Gasteiger partial charge in [0.2, 0.25) is 0 Å². The fourth-order valence-electron chi connectivity index (χ4n) is 4.83. The smallest absolute Gasteiger partial charge is 0.188 e. The molecule has 1 saturated heterocycles. The highest BCUT2D eigenvalue weighted by atomic mass is 35.5. The molecule has 4 aromatic heterocycles. The van der Waals surface area contributed by atoms with Crippen molar-refractivity contribution >= 4 is 49.9 Å². The molecule has 2 N–H and O–H groups in total. The van der Waals surface area contributed by atoms with Crippen LogP contribution in [-0.4, -0.2) is 54.0 Å². The number of aryl methyl sites for hydroxylation is 1. The predicted octanol–water partition coefficient (Wildman–Crippen LogP) is 5.09. The molecule has 4 aromatic rings. The number of rotatable bonds is 4. The van der Waals surface area contributed by atoms with E-state index in [2.05, 4.69) is 55.0 Å². The number of aromatic nitrogens is 5. The van der Waals surface area contributed by atoms with Gasteiger partial charge in [-0.2, -0.15) is 5.10 Å². The normalized spacial score (nSPS) is 19.3. The first kappa shape index (κ1) is 21.0. The molecule has 0 saturated carbocycles. The summed E-state index contributed by atoms with van der Waals surface area (Å²) in [5.74, 6) is -0.0351. The fourth-order valence-corrected chi connectivity index (χ4v) is 6.91. The largest absolute Gasteiger partial charge is 0.506 e. The van der Waals surface area contributed by atoms with Crippen molar-refractivity contribution in [3.05, 3.63) is 24.7 Å². The SMILES string of the molecule is Cl.[2H]C([2H])([2H])n1cc(-c2cnc(-c3nc4sc(N(C)C5CC(C)(C)NC(C)(C)C5)nc4s3)c(O)c2)cn1. The van der Waals surface area contributed by atoms with Gasteiger partial charge in [0.15, 0.2) is 14.8 Å². The first-order valence-electron chi connectivity index (χ1n) is 12.3. The monoisotopic (exact) mass is 522 g/mol. The predicted molar refractivity (Wildman–Crippen MR) is 142 cm³/mol. The molecule has 8 nitrogen and oxygen atoms in total. The maximum atomic E-state index is 10.7. The van der Waals surface area contributed by atoms with Crippen LogP contribution in [0.3, 0.4) is 0 Å². The van der Waals surface area contributed by atoms with Crippen LogP contribution in [0.15, 0.2) is 24.7 Å². The summed E-state index contributed by atoms with van der Waals surface area (Å²) in [4.78, 5) is 17.9. The number of nitrogens with zero attached hydrogens (tertiary/aromatic N) is 6. The Bertz CT molecular complexity index is 1380. The topological polar surface area (TPSA) is 92.0 Å². The van der Waals surface area contributed by atoms with Gasteiger partial charge in [0.05, 0.1) is 6.20 Å². The number of piperidine rings is 1. The summed E-state index contributed by atoms with van der Waals surface area (Å²) in [5.41, 5.74) is 1.58. The number of thiazole rings is 2. The highest BCUT2D eigenvalue weighted by Gasteiger charge is 2.39. The van der Waals surface area contributed by atoms with Crippen molar-refractivity contribution in [2.24, 2.45) is 6.98 Å². The molecule has 11 heteroatoms. The molecule has 0 amide bonds. The van der Waals surface area contributed by atoms with Crippen molar-refractivity contribution in [1.82, 2.24) is 30.0 Å². The van der Waals surface area contributed by atoms with Crippen LogP contribution in [0.1, 0.15) is 44.6 Å². The summed E-state index contributed by atoms with van der Waals surface area (Å²) in [5, 5.41) is 19.8. The number of halogens is 1. The van der Waals surface area contributed by atoms with E-state index in [0.29, 0.717) is 27.9 Å². The van der Waals surface area contributed by atoms with E-state index in [0.717, 1.165) is 32.3 Å². The van der Waals surface area contributed by atoms with Gasteiger partial charge in [-0.25, -0.2) is 15.0 Å². The minimum absolute atomic E-state index is 0. The second-order valence-electron chi connectivity index (χ2n) is 9.96. The third kappa shape index (κ3) is 4.77. The van der Waals surface area contributed by atoms with Crippen molar-refractivity contribution < 1.29 is 9.22 Å². The Morgan fingerprint density at radius 1 is 1.12 bits per heavy atom. The zero-order valence-electron chi connectivity index (χ0n) is 22.7. The Morgan fingerprint density at radius 3 is 2.44 bits per heavy atom. The molecule has 1 aliphatic rings. The van der Waals surface area contributed by atoms with Gasteiger partial charge in [-0.3, -0.25) is 4.68 Å². The molecular formula is C23H30ClN7OS2. The van der Waals surface area contributed by atoms with Crippen molar-refractivity contribution in [3.8, 4) is 27.6 Å². The lowest BCUT2D eigenvalue weighted by Crippen LogP contribution is -2.61. The number of aromatic hydroxyl groups is 1. The summed E-state index contributed by atoms with van der Waals surface area (Å²) in [7, 11) is 2.10. The van der Waals surface area contributed by atoms with Crippen LogP contribution in [0, 0.1) is 0 Å². The van der Waals surface area contributed by atoms with Crippen LogP contribution in [0.5, 0.6) is 5.75 Å². The van der Waals surface area contributed by atoms with E-state index in [-0.39, 0.29) is 29.2 Å². The number of hydrogen-bond acceptors (Lipinski definition) is 9. The van der Waals surface area contributed by atoms with Crippen LogP contribution in [-0.2, 0) is 6.98 Å². The minimum Gasteiger partial charge on any atom is -0.506 e. The maximum Gasteiger partial charge on any atom is 0.188 e. The molecule has 34 heavy (non-hydrogen) atoms. The molecule has 5 rings (SSSR count). The maximum absolute atomic E-state index is 10.7. The molecule has 0 unspecified atom stereocenters. The van der Waals surface area contributed by atoms with E-state index < -0.39 is 6.98 Å². The average Bonchev–Trinajstić information content (AvgIpc) is 3.45. The van der Waals surface area contributed by atoms with Crippen molar-refractivity contribution in [1.29, 1.82) is 0 Å². The summed E-state index contributed by atoms with van der Waals surface area (Å²) in [6.07, 6.45) is 6.48. The van der Waals surface area contributed by atoms with E-state index in [4.69, 9.17) is 14.1 Å². The van der Waals surface area contributed by atoms with Gasteiger partial charge in [-0.1, -0.05) is 22.7 Å². The van der Waals surface area contributed by atoms with E-state index in [1.807, 2.05) is 0 Å². The van der Waals surface area contributed by atoms with Gasteiger partial charge in [-0.05, 0) is 46.6 Å². The second kappa shape index (κ2) is 8.75. The molecule has 1 aliphatic heterocycles. The van der Waals surface area contributed by atoms with Gasteiger partial charge in [-0.15, -0.1) is 12.4 Å². The number of fused-ring (bicyclic) bond motifs is 1. The Kier molecular flexibility index (Phi) is 5.41. The molecule has 1 fully saturated rings. The number of pyridine rings is 1. The van der Waals surface area contributed by atoms with Gasteiger partial charge in [0, 0.05) is 58.8 Å². The summed E-state index contributed by atoms with van der Waals surface area (Å²) >= 11 is 2.94. The lowest BCUT2D eigenvalue weighted by atomic mass is 9.79. The zero-order valence-corrected chi connectivity index (χ0v) is 22.1. The summed E-state index contributed by atoms with van der Waals surface area (Å²) in [6, 6.07) is 1.91. The molecule has 0 bridgehead atoms. The van der Waals surface area contributed by atoms with Crippen LogP contribution in [0.4, 0.5) is 5.13 Å². The van der Waals surface area contributed by atoms with Crippen LogP contribution in [0.25, 0.3) is 31.5 Å². The Labute approximate surface area is 217 Å². The molecule has 0 spiro atoms. The van der Waals surface area contributed by atoms with Crippen molar-refractivity contribution in [2.45, 2.75) is 57.7 Å². The van der Waals surface area contributed by atoms with E-state index >= 15 is 0 Å². The van der Waals surface area contributed by atoms with Crippen LogP contribution in [0.2, 0.25) is 0 Å². The van der Waals surface area contributed by atoms with Crippen molar-refractivity contribution in [3.63, 3.8) is 0 Å². The van der Waals surface area contributed by atoms with Crippen molar-refractivity contribution in [2.75, 3.05) is 11.9 Å². The van der Waals surface area contributed by atoms with E-state index in [9.17, 15) is 5.11 Å². The lowest BCUT2D eigenvalue weighted by molar-refractivity contribution is 0.161. The van der Waals surface area contributed by atoms with Gasteiger partial charge >= 0.3 is 0 Å². The minimum atomic E-state index is -2.36. The fraction of sp³-hybridized carbons (Fsp3) is 0.478. The standard InChI is InChI=1S/C23H29N7OS2.ClH/c1-22(2)8-15(9-23(3,4)28-22)30(6)21-27-20-19(33-21)26-18(32-20)17-16(31)7-13(10-24-17)14-11-25-29(5)12-14;/h7,10-12,15,28,31H,8-9H2,1-6H3;1H/i5D3;. The van der Waals surface area contributed by atoms with Crippen LogP contribution >= 0.6 is 35.1 Å². The number of anilines is 1. The zero-order chi connectivity index (χ0) is 26.0. The molecule has 182 valence electrons. The molecule has 0 radical (unpaired) electrons. The molecule has 0 aromatic carbocycles. The highest BCUT2D eigenvalue weighted by Crippen LogP contribution is 2.40. The third-order valence-electron chi connectivity index (χ3n) is 5.97. The number of hydrogen-bond donors (Lipinski definition) is 2. The molecule has 5 heterocycles. The van der Waals surface area contributed by atoms with Gasteiger partial charge < -0.3 is 15.3 Å². The Balaban J connectivity index is 0.00000320. The van der Waals surface area contributed by atoms with Crippen LogP contribution < -0.4 is 10.2 Å². The molecule has 0 aliphatic carbocycles.